The maximum absolute atomic E-state index is 13.8. The Bertz CT molecular complexity index is 1740. The number of pyridine rings is 1. The van der Waals surface area contributed by atoms with E-state index in [4.69, 9.17) is 19.5 Å². The summed E-state index contributed by atoms with van der Waals surface area (Å²) < 4.78 is 54.5. The average Bonchev–Trinajstić information content (AvgIpc) is 3.38. The Balaban J connectivity index is 1.58. The molecule has 3 aromatic carbocycles. The van der Waals surface area contributed by atoms with Crippen LogP contribution in [0.25, 0.3) is 5.65 Å². The van der Waals surface area contributed by atoms with Crippen LogP contribution < -0.4 is 4.90 Å². The van der Waals surface area contributed by atoms with Crippen molar-refractivity contribution in [2.45, 2.75) is 26.1 Å². The van der Waals surface area contributed by atoms with E-state index >= 15 is 0 Å². The van der Waals surface area contributed by atoms with Gasteiger partial charge >= 0.3 is 6.18 Å². The molecule has 5 aromatic rings. The summed E-state index contributed by atoms with van der Waals surface area (Å²) in [5.74, 6) is 0. The quantitative estimate of drug-likeness (QED) is 0.175. The average molecular weight is 599 g/mol. The molecule has 1 saturated heterocycles. The molecule has 0 radical (unpaired) electrons. The maximum atomic E-state index is 13.8. The number of methoxy groups -OCH3 is 1. The number of fused-ring (bicyclic) bond motifs is 1. The van der Waals surface area contributed by atoms with Crippen molar-refractivity contribution in [3.05, 3.63) is 130 Å². The molecule has 0 bridgehead atoms. The third-order valence-corrected chi connectivity index (χ3v) is 7.96. The molecule has 0 amide bonds. The molecule has 6 rings (SSSR count). The van der Waals surface area contributed by atoms with Crippen LogP contribution in [0.15, 0.2) is 96.1 Å². The molecular weight excluding hydrogens is 565 g/mol. The number of benzene rings is 3. The minimum Gasteiger partial charge on any atom is -0.378 e. The summed E-state index contributed by atoms with van der Waals surface area (Å²) in [5, 5.41) is 0. The van der Waals surface area contributed by atoms with Gasteiger partial charge in [0.2, 0.25) is 0 Å². The van der Waals surface area contributed by atoms with Gasteiger partial charge in [-0.25, -0.2) is 9.98 Å². The number of alkyl halides is 3. The van der Waals surface area contributed by atoms with Crippen molar-refractivity contribution in [1.29, 1.82) is 0 Å². The SMILES string of the molecule is COCc1nc2c(N=C(c3ccccc3)c3ccccc3)cc(N3CCOCC3)cn2c1Cc1cccc(C(F)(F)F)c1C. The first-order valence-electron chi connectivity index (χ1n) is 14.5. The van der Waals surface area contributed by atoms with Crippen LogP contribution in [0, 0.1) is 6.92 Å². The van der Waals surface area contributed by atoms with Gasteiger partial charge in [0.05, 0.1) is 48.2 Å². The highest BCUT2D eigenvalue weighted by atomic mass is 19.4. The number of rotatable bonds is 8. The van der Waals surface area contributed by atoms with Gasteiger partial charge in [0.25, 0.3) is 0 Å². The van der Waals surface area contributed by atoms with Gasteiger partial charge < -0.3 is 14.4 Å². The van der Waals surface area contributed by atoms with E-state index in [0.29, 0.717) is 48.9 Å². The zero-order valence-electron chi connectivity index (χ0n) is 24.6. The Morgan fingerprint density at radius 1 is 0.932 bits per heavy atom. The second kappa shape index (κ2) is 12.6. The first kappa shape index (κ1) is 29.6. The van der Waals surface area contributed by atoms with E-state index in [1.165, 1.54) is 13.0 Å². The predicted molar refractivity (Wildman–Crippen MR) is 166 cm³/mol. The minimum absolute atomic E-state index is 0.204. The van der Waals surface area contributed by atoms with Crippen molar-refractivity contribution in [1.82, 2.24) is 9.38 Å². The molecule has 1 aliphatic rings. The summed E-state index contributed by atoms with van der Waals surface area (Å²) in [7, 11) is 1.59. The van der Waals surface area contributed by atoms with Crippen molar-refractivity contribution in [3.8, 4) is 0 Å². The molecule has 9 heteroatoms. The molecule has 2 aromatic heterocycles. The number of hydrogen-bond acceptors (Lipinski definition) is 5. The summed E-state index contributed by atoms with van der Waals surface area (Å²) in [5.41, 5.74) is 6.46. The lowest BCUT2D eigenvalue weighted by Crippen LogP contribution is -2.36. The first-order chi connectivity index (χ1) is 21.3. The molecule has 0 aliphatic carbocycles. The fourth-order valence-corrected chi connectivity index (χ4v) is 5.69. The van der Waals surface area contributed by atoms with E-state index in [-0.39, 0.29) is 18.6 Å². The number of imidazole rings is 1. The van der Waals surface area contributed by atoms with Crippen molar-refractivity contribution in [2.24, 2.45) is 4.99 Å². The summed E-state index contributed by atoms with van der Waals surface area (Å²) in [4.78, 5) is 12.5. The van der Waals surface area contributed by atoms with Gasteiger partial charge in [0, 0.05) is 43.9 Å². The van der Waals surface area contributed by atoms with Crippen molar-refractivity contribution < 1.29 is 22.6 Å². The van der Waals surface area contributed by atoms with E-state index in [0.717, 1.165) is 34.3 Å². The Morgan fingerprint density at radius 2 is 1.59 bits per heavy atom. The van der Waals surface area contributed by atoms with Crippen LogP contribution >= 0.6 is 0 Å². The number of aromatic nitrogens is 2. The number of ether oxygens (including phenoxy) is 2. The topological polar surface area (TPSA) is 51.4 Å². The Labute approximate surface area is 254 Å². The maximum Gasteiger partial charge on any atom is 0.416 e. The van der Waals surface area contributed by atoms with Crippen LogP contribution in [0.1, 0.15) is 39.2 Å². The van der Waals surface area contributed by atoms with Crippen LogP contribution in [-0.4, -0.2) is 48.5 Å². The van der Waals surface area contributed by atoms with Crippen molar-refractivity contribution >= 4 is 22.7 Å². The molecule has 3 heterocycles. The van der Waals surface area contributed by atoms with E-state index in [1.54, 1.807) is 13.2 Å². The molecule has 0 spiro atoms. The number of nitrogens with zero attached hydrogens (tertiary/aromatic N) is 4. The van der Waals surface area contributed by atoms with Crippen LogP contribution in [0.3, 0.4) is 0 Å². The van der Waals surface area contributed by atoms with Crippen LogP contribution in [-0.2, 0) is 28.7 Å². The largest absolute Gasteiger partial charge is 0.416 e. The fourth-order valence-electron chi connectivity index (χ4n) is 5.69. The molecular formula is C35H33F3N4O2. The smallest absolute Gasteiger partial charge is 0.378 e. The molecule has 1 aliphatic heterocycles. The van der Waals surface area contributed by atoms with Gasteiger partial charge in [-0.15, -0.1) is 0 Å². The van der Waals surface area contributed by atoms with Gasteiger partial charge in [0.15, 0.2) is 5.65 Å². The highest BCUT2D eigenvalue weighted by Crippen LogP contribution is 2.35. The molecule has 6 nitrogen and oxygen atoms in total. The second-order valence-corrected chi connectivity index (χ2v) is 10.8. The Morgan fingerprint density at radius 3 is 2.20 bits per heavy atom. The van der Waals surface area contributed by atoms with Gasteiger partial charge in [-0.2, -0.15) is 13.2 Å². The molecule has 0 atom stereocenters. The van der Waals surface area contributed by atoms with Crippen molar-refractivity contribution in [2.75, 3.05) is 38.3 Å². The van der Waals surface area contributed by atoms with Gasteiger partial charge in [0.1, 0.15) is 5.69 Å². The monoisotopic (exact) mass is 598 g/mol. The van der Waals surface area contributed by atoms with E-state index < -0.39 is 11.7 Å². The molecule has 226 valence electrons. The summed E-state index contributed by atoms with van der Waals surface area (Å²) in [6.07, 6.45) is -2.18. The fraction of sp³-hybridized carbons (Fsp3) is 0.257. The van der Waals surface area contributed by atoms with E-state index in [9.17, 15) is 13.2 Å². The lowest BCUT2D eigenvalue weighted by Gasteiger charge is -2.29. The summed E-state index contributed by atoms with van der Waals surface area (Å²) in [6, 6.07) is 26.3. The van der Waals surface area contributed by atoms with Crippen LogP contribution in [0.4, 0.5) is 24.5 Å². The molecule has 0 N–H and O–H groups in total. The first-order valence-corrected chi connectivity index (χ1v) is 14.5. The van der Waals surface area contributed by atoms with Crippen LogP contribution in [0.5, 0.6) is 0 Å². The standard InChI is InChI=1S/C35H33F3N4O2/c1-24-27(14-9-15-29(24)35(36,37)38)20-32-31(23-43-2)40-34-30(21-28(22-42(32)34)41-16-18-44-19-17-41)39-33(25-10-5-3-6-11-25)26-12-7-4-8-13-26/h3-15,21-22H,16-20,23H2,1-2H3. The number of halogens is 3. The van der Waals surface area contributed by atoms with E-state index in [2.05, 4.69) is 4.90 Å². The highest BCUT2D eigenvalue weighted by Gasteiger charge is 2.33. The summed E-state index contributed by atoms with van der Waals surface area (Å²) in [6.45, 7) is 4.35. The number of hydrogen-bond donors (Lipinski definition) is 0. The predicted octanol–water partition coefficient (Wildman–Crippen LogP) is 7.40. The second-order valence-electron chi connectivity index (χ2n) is 10.8. The normalized spacial score (nSPS) is 13.8. The lowest BCUT2D eigenvalue weighted by molar-refractivity contribution is -0.138. The van der Waals surface area contributed by atoms with Crippen LogP contribution in [0.2, 0.25) is 0 Å². The Kier molecular flexibility index (Phi) is 8.50. The highest BCUT2D eigenvalue weighted by molar-refractivity contribution is 6.14. The van der Waals surface area contributed by atoms with Crippen molar-refractivity contribution in [3.63, 3.8) is 0 Å². The van der Waals surface area contributed by atoms with Gasteiger partial charge in [-0.3, -0.25) is 4.40 Å². The van der Waals surface area contributed by atoms with E-state index in [1.807, 2.05) is 77.3 Å². The number of anilines is 1. The zero-order chi connectivity index (χ0) is 30.7. The molecule has 0 unspecified atom stereocenters. The number of aliphatic imine (C=N–C) groups is 1. The minimum atomic E-state index is -4.44. The molecule has 1 fully saturated rings. The zero-order valence-corrected chi connectivity index (χ0v) is 24.6. The van der Waals surface area contributed by atoms with Gasteiger partial charge in [-0.1, -0.05) is 72.8 Å². The third-order valence-electron chi connectivity index (χ3n) is 7.96. The summed E-state index contributed by atoms with van der Waals surface area (Å²) >= 11 is 0. The third kappa shape index (κ3) is 6.11. The lowest BCUT2D eigenvalue weighted by atomic mass is 9.98. The molecule has 0 saturated carbocycles. The van der Waals surface area contributed by atoms with Gasteiger partial charge in [-0.05, 0) is 30.2 Å². The number of morpholine rings is 1. The molecule has 44 heavy (non-hydrogen) atoms. The Hall–Kier alpha value is -4.47.